The lowest BCUT2D eigenvalue weighted by Crippen LogP contribution is -2.47. The zero-order valence-corrected chi connectivity index (χ0v) is 15.6. The second-order valence-electron chi connectivity index (χ2n) is 7.30. The Kier molecular flexibility index (Phi) is 6.91. The first-order valence-corrected chi connectivity index (χ1v) is 9.82. The lowest BCUT2D eigenvalue weighted by Gasteiger charge is -2.29. The molecule has 144 valence electrons. The molecule has 0 aromatic carbocycles. The Morgan fingerprint density at radius 3 is 2.19 bits per heavy atom. The van der Waals surface area contributed by atoms with Crippen molar-refractivity contribution in [3.8, 4) is 11.8 Å². The topological polar surface area (TPSA) is 85.4 Å². The number of nitrogens with zero attached hydrogens (tertiary/aromatic N) is 2. The smallest absolute Gasteiger partial charge is 0.315 e. The molecule has 26 heavy (non-hydrogen) atoms. The number of aromatic nitrogens is 2. The molecule has 0 saturated heterocycles. The molecule has 2 aliphatic carbocycles. The number of carbonyl (C=O) groups excluding carboxylic acids is 1. The Bertz CT molecular complexity index is 568. The Labute approximate surface area is 155 Å². The molecule has 1 heterocycles. The van der Waals surface area contributed by atoms with Crippen molar-refractivity contribution in [2.75, 3.05) is 7.11 Å². The van der Waals surface area contributed by atoms with Crippen molar-refractivity contribution in [3.05, 3.63) is 12.4 Å². The number of carbonyl (C=O) groups is 1. The van der Waals surface area contributed by atoms with Crippen molar-refractivity contribution in [2.45, 2.75) is 82.4 Å². The molecule has 2 aliphatic rings. The van der Waals surface area contributed by atoms with Gasteiger partial charge in [0.15, 0.2) is 0 Å². The van der Waals surface area contributed by atoms with Crippen LogP contribution in [0.15, 0.2) is 12.4 Å². The predicted molar refractivity (Wildman–Crippen MR) is 98.4 cm³/mol. The van der Waals surface area contributed by atoms with Gasteiger partial charge in [-0.15, -0.1) is 0 Å². The number of ether oxygens (including phenoxy) is 2. The van der Waals surface area contributed by atoms with E-state index in [0.717, 1.165) is 38.5 Å². The lowest BCUT2D eigenvalue weighted by molar-refractivity contribution is 0.133. The number of nitrogens with one attached hydrogen (secondary N) is 2. The van der Waals surface area contributed by atoms with Gasteiger partial charge in [-0.2, -0.15) is 4.98 Å². The van der Waals surface area contributed by atoms with Crippen LogP contribution in [0.1, 0.15) is 64.2 Å². The molecule has 0 atom stereocenters. The quantitative estimate of drug-likeness (QED) is 0.786. The predicted octanol–water partition coefficient (Wildman–Crippen LogP) is 3.20. The fraction of sp³-hybridized carbons (Fsp3) is 0.737. The van der Waals surface area contributed by atoms with Crippen LogP contribution >= 0.6 is 0 Å². The average molecular weight is 362 g/mol. The molecule has 7 nitrogen and oxygen atoms in total. The van der Waals surface area contributed by atoms with Crippen molar-refractivity contribution in [3.63, 3.8) is 0 Å². The second-order valence-corrected chi connectivity index (χ2v) is 7.30. The molecule has 0 aliphatic heterocycles. The summed E-state index contributed by atoms with van der Waals surface area (Å²) in [6.45, 7) is 0. The Morgan fingerprint density at radius 2 is 1.54 bits per heavy atom. The van der Waals surface area contributed by atoms with Crippen molar-refractivity contribution in [2.24, 2.45) is 0 Å². The molecule has 2 fully saturated rings. The van der Waals surface area contributed by atoms with Gasteiger partial charge in [0.05, 0.1) is 19.5 Å². The van der Waals surface area contributed by atoms with Crippen LogP contribution in [0.3, 0.4) is 0 Å². The number of methoxy groups -OCH3 is 1. The Hall–Kier alpha value is -2.05. The van der Waals surface area contributed by atoms with Crippen molar-refractivity contribution < 1.29 is 14.3 Å². The van der Waals surface area contributed by atoms with Gasteiger partial charge in [0.1, 0.15) is 6.10 Å². The van der Waals surface area contributed by atoms with Crippen molar-refractivity contribution >= 4 is 6.03 Å². The van der Waals surface area contributed by atoms with Gasteiger partial charge in [-0.05, 0) is 38.5 Å². The maximum Gasteiger partial charge on any atom is 0.315 e. The molecule has 0 spiro atoms. The highest BCUT2D eigenvalue weighted by Gasteiger charge is 2.25. The second kappa shape index (κ2) is 9.59. The number of hydrogen-bond acceptors (Lipinski definition) is 5. The molecule has 1 aromatic rings. The van der Waals surface area contributed by atoms with Crippen LogP contribution in [-0.2, 0) is 0 Å². The number of urea groups is 1. The van der Waals surface area contributed by atoms with Crippen LogP contribution in [0.4, 0.5) is 4.79 Å². The number of amides is 2. The summed E-state index contributed by atoms with van der Waals surface area (Å²) >= 11 is 0. The zero-order chi connectivity index (χ0) is 18.2. The minimum Gasteiger partial charge on any atom is -0.480 e. The van der Waals surface area contributed by atoms with Gasteiger partial charge in [0.2, 0.25) is 11.8 Å². The van der Waals surface area contributed by atoms with E-state index in [4.69, 9.17) is 9.47 Å². The van der Waals surface area contributed by atoms with E-state index in [1.165, 1.54) is 25.7 Å². The van der Waals surface area contributed by atoms with E-state index in [9.17, 15) is 4.79 Å². The Morgan fingerprint density at radius 1 is 0.923 bits per heavy atom. The monoisotopic (exact) mass is 362 g/mol. The summed E-state index contributed by atoms with van der Waals surface area (Å²) in [4.78, 5) is 20.5. The summed E-state index contributed by atoms with van der Waals surface area (Å²) in [6, 6.07) is 0.542. The minimum atomic E-state index is -0.0140. The molecule has 2 saturated carbocycles. The normalized spacial score (nSPS) is 24.3. The van der Waals surface area contributed by atoms with Gasteiger partial charge >= 0.3 is 6.03 Å². The maximum absolute atomic E-state index is 12.2. The number of hydrogen-bond donors (Lipinski definition) is 2. The van der Waals surface area contributed by atoms with Crippen LogP contribution in [0.2, 0.25) is 0 Å². The Balaban J connectivity index is 1.38. The minimum absolute atomic E-state index is 0.0140. The molecule has 1 aromatic heterocycles. The summed E-state index contributed by atoms with van der Waals surface area (Å²) in [5, 5.41) is 6.29. The highest BCUT2D eigenvalue weighted by atomic mass is 16.5. The van der Waals surface area contributed by atoms with Crippen LogP contribution < -0.4 is 20.1 Å². The molecule has 7 heteroatoms. The summed E-state index contributed by atoms with van der Waals surface area (Å²) < 4.78 is 11.0. The van der Waals surface area contributed by atoms with E-state index in [1.54, 1.807) is 19.5 Å². The van der Waals surface area contributed by atoms with Crippen molar-refractivity contribution in [1.82, 2.24) is 20.6 Å². The van der Waals surface area contributed by atoms with Crippen molar-refractivity contribution in [1.29, 1.82) is 0 Å². The lowest BCUT2D eigenvalue weighted by atomic mass is 9.93. The molecule has 0 unspecified atom stereocenters. The maximum atomic E-state index is 12.2. The van der Waals surface area contributed by atoms with Gasteiger partial charge in [-0.25, -0.2) is 4.79 Å². The average Bonchev–Trinajstić information content (AvgIpc) is 2.92. The fourth-order valence-corrected chi connectivity index (χ4v) is 3.82. The molecule has 2 N–H and O–H groups in total. The first-order chi connectivity index (χ1) is 12.7. The van der Waals surface area contributed by atoms with E-state index < -0.39 is 0 Å². The highest BCUT2D eigenvalue weighted by Crippen LogP contribution is 2.23. The summed E-state index contributed by atoms with van der Waals surface area (Å²) in [5.74, 6) is 0.944. The van der Waals surface area contributed by atoms with Gasteiger partial charge in [-0.1, -0.05) is 25.7 Å². The van der Waals surface area contributed by atoms with E-state index >= 15 is 0 Å². The van der Waals surface area contributed by atoms with Crippen LogP contribution in [0, 0.1) is 0 Å². The third kappa shape index (κ3) is 5.75. The van der Waals surface area contributed by atoms with Crippen LogP contribution in [0.5, 0.6) is 11.8 Å². The molecule has 3 rings (SSSR count). The first-order valence-electron chi connectivity index (χ1n) is 9.82. The SMILES string of the molecule is COc1cncc(OC2CCC(NC(=O)NC3CCCCCC3)CC2)n1. The van der Waals surface area contributed by atoms with Gasteiger partial charge in [0, 0.05) is 12.1 Å². The molecule has 2 amide bonds. The summed E-state index contributed by atoms with van der Waals surface area (Å²) in [6.07, 6.45) is 14.1. The summed E-state index contributed by atoms with van der Waals surface area (Å²) in [7, 11) is 1.56. The van der Waals surface area contributed by atoms with Crippen LogP contribution in [-0.4, -0.2) is 41.3 Å². The van der Waals surface area contributed by atoms with E-state index in [2.05, 4.69) is 20.6 Å². The van der Waals surface area contributed by atoms with Crippen LogP contribution in [0.25, 0.3) is 0 Å². The van der Waals surface area contributed by atoms with E-state index in [1.807, 2.05) is 0 Å². The number of rotatable bonds is 5. The largest absolute Gasteiger partial charge is 0.480 e. The zero-order valence-electron chi connectivity index (χ0n) is 15.6. The highest BCUT2D eigenvalue weighted by molar-refractivity contribution is 5.74. The molecular weight excluding hydrogens is 332 g/mol. The molecule has 0 radical (unpaired) electrons. The van der Waals surface area contributed by atoms with E-state index in [0.29, 0.717) is 17.8 Å². The first kappa shape index (κ1) is 18.7. The third-order valence-corrected chi connectivity index (χ3v) is 5.29. The standard InChI is InChI=1S/C19H30N4O3/c1-25-17-12-20-13-18(23-17)26-16-10-8-15(9-11-16)22-19(24)21-14-6-4-2-3-5-7-14/h12-16H,2-11H2,1H3,(H2,21,22,24). The third-order valence-electron chi connectivity index (χ3n) is 5.29. The molecular formula is C19H30N4O3. The summed E-state index contributed by atoms with van der Waals surface area (Å²) in [5.41, 5.74) is 0. The van der Waals surface area contributed by atoms with Gasteiger partial charge in [-0.3, -0.25) is 4.98 Å². The van der Waals surface area contributed by atoms with E-state index in [-0.39, 0.29) is 18.2 Å². The van der Waals surface area contributed by atoms with Gasteiger partial charge < -0.3 is 20.1 Å². The van der Waals surface area contributed by atoms with Gasteiger partial charge in [0.25, 0.3) is 0 Å². The molecule has 0 bridgehead atoms. The fourth-order valence-electron chi connectivity index (χ4n) is 3.82.